The highest BCUT2D eigenvalue weighted by molar-refractivity contribution is 7.16. The Morgan fingerprint density at radius 2 is 2.21 bits per heavy atom. The van der Waals surface area contributed by atoms with Crippen molar-refractivity contribution in [1.29, 1.82) is 5.26 Å². The zero-order valence-electron chi connectivity index (χ0n) is 11.5. The Balaban J connectivity index is 2.72. The van der Waals surface area contributed by atoms with Crippen LogP contribution in [0.3, 0.4) is 0 Å². The van der Waals surface area contributed by atoms with Gasteiger partial charge in [-0.2, -0.15) is 5.26 Å². The number of nitrogens with one attached hydrogen (secondary N) is 1. The monoisotopic (exact) mass is 281 g/mol. The zero-order chi connectivity index (χ0) is 14.4. The van der Waals surface area contributed by atoms with E-state index in [1.807, 2.05) is 25.7 Å². The molecule has 0 spiro atoms. The first-order valence-corrected chi connectivity index (χ1v) is 6.98. The van der Waals surface area contributed by atoms with Crippen molar-refractivity contribution in [1.82, 2.24) is 4.90 Å². The summed E-state index contributed by atoms with van der Waals surface area (Å²) in [6.45, 7) is 7.16. The smallest absolute Gasteiger partial charge is 0.239 e. The topological polar surface area (TPSA) is 76.4 Å². The number of nitriles is 1. The number of anilines is 1. The number of carbonyl (C=O) groups excluding carboxylic acids is 1. The molecule has 5 nitrogen and oxygen atoms in total. The minimum Gasteiger partial charge on any atom is -0.395 e. The van der Waals surface area contributed by atoms with Gasteiger partial charge in [0.1, 0.15) is 11.1 Å². The van der Waals surface area contributed by atoms with E-state index in [2.05, 4.69) is 11.4 Å². The number of thiophene rings is 1. The number of likely N-dealkylation sites (N-methyl/N-ethyl adjacent to an activating group) is 1. The molecule has 1 amide bonds. The molecule has 0 aliphatic rings. The van der Waals surface area contributed by atoms with Gasteiger partial charge in [0.15, 0.2) is 0 Å². The maximum Gasteiger partial charge on any atom is 0.239 e. The molecule has 0 bridgehead atoms. The lowest BCUT2D eigenvalue weighted by molar-refractivity contribution is -0.117. The van der Waals surface area contributed by atoms with E-state index >= 15 is 0 Å². The number of amides is 1. The summed E-state index contributed by atoms with van der Waals surface area (Å²) in [5.41, 5.74) is 1.46. The van der Waals surface area contributed by atoms with Crippen LogP contribution in [0, 0.1) is 25.2 Å². The summed E-state index contributed by atoms with van der Waals surface area (Å²) in [5.74, 6) is -0.159. The predicted molar refractivity (Wildman–Crippen MR) is 76.3 cm³/mol. The molecule has 0 aliphatic carbocycles. The fourth-order valence-electron chi connectivity index (χ4n) is 1.71. The van der Waals surface area contributed by atoms with E-state index in [4.69, 9.17) is 10.4 Å². The van der Waals surface area contributed by atoms with Gasteiger partial charge >= 0.3 is 0 Å². The van der Waals surface area contributed by atoms with E-state index in [-0.39, 0.29) is 19.1 Å². The lowest BCUT2D eigenvalue weighted by Crippen LogP contribution is -2.35. The van der Waals surface area contributed by atoms with Gasteiger partial charge in [-0.15, -0.1) is 11.3 Å². The molecule has 0 fully saturated rings. The Labute approximate surface area is 117 Å². The molecule has 0 saturated carbocycles. The van der Waals surface area contributed by atoms with Crippen molar-refractivity contribution < 1.29 is 9.90 Å². The van der Waals surface area contributed by atoms with Crippen LogP contribution in [0.5, 0.6) is 0 Å². The predicted octanol–water partition coefficient (Wildman–Crippen LogP) is 1.49. The number of rotatable bonds is 6. The molecule has 0 atom stereocenters. The maximum absolute atomic E-state index is 11.9. The number of aliphatic hydroxyl groups is 1. The number of aliphatic hydroxyl groups excluding tert-OH is 1. The van der Waals surface area contributed by atoms with E-state index in [9.17, 15) is 4.79 Å². The molecular weight excluding hydrogens is 262 g/mol. The Bertz CT molecular complexity index is 491. The van der Waals surface area contributed by atoms with Gasteiger partial charge in [0, 0.05) is 11.4 Å². The van der Waals surface area contributed by atoms with Gasteiger partial charge in [-0.3, -0.25) is 9.69 Å². The molecule has 2 N–H and O–H groups in total. The van der Waals surface area contributed by atoms with Crippen molar-refractivity contribution >= 4 is 22.2 Å². The number of nitrogens with zero attached hydrogens (tertiary/aromatic N) is 2. The molecule has 19 heavy (non-hydrogen) atoms. The summed E-state index contributed by atoms with van der Waals surface area (Å²) < 4.78 is 0. The van der Waals surface area contributed by atoms with Gasteiger partial charge in [-0.05, 0) is 26.0 Å². The van der Waals surface area contributed by atoms with Crippen LogP contribution in [-0.4, -0.2) is 42.2 Å². The van der Waals surface area contributed by atoms with Gasteiger partial charge in [0.25, 0.3) is 0 Å². The van der Waals surface area contributed by atoms with Crippen molar-refractivity contribution in [3.8, 4) is 6.07 Å². The molecule has 1 aromatic rings. The summed E-state index contributed by atoms with van der Waals surface area (Å²) in [6.07, 6.45) is 0. The van der Waals surface area contributed by atoms with Crippen LogP contribution in [0.1, 0.15) is 22.9 Å². The fourth-order valence-corrected chi connectivity index (χ4v) is 2.74. The Morgan fingerprint density at radius 1 is 1.53 bits per heavy atom. The van der Waals surface area contributed by atoms with Crippen LogP contribution in [0.25, 0.3) is 0 Å². The van der Waals surface area contributed by atoms with E-state index < -0.39 is 0 Å². The fraction of sp³-hybridized carbons (Fsp3) is 0.538. The molecule has 104 valence electrons. The molecule has 0 radical (unpaired) electrons. The van der Waals surface area contributed by atoms with Crippen molar-refractivity contribution in [2.45, 2.75) is 20.8 Å². The zero-order valence-corrected chi connectivity index (χ0v) is 12.3. The highest BCUT2D eigenvalue weighted by Crippen LogP contribution is 2.31. The number of carbonyl (C=O) groups is 1. The maximum atomic E-state index is 11.9. The van der Waals surface area contributed by atoms with E-state index in [0.717, 1.165) is 10.4 Å². The summed E-state index contributed by atoms with van der Waals surface area (Å²) in [7, 11) is 0. The van der Waals surface area contributed by atoms with Crippen LogP contribution in [0.15, 0.2) is 0 Å². The normalized spacial score (nSPS) is 10.5. The lowest BCUT2D eigenvalue weighted by Gasteiger charge is -2.18. The lowest BCUT2D eigenvalue weighted by atomic mass is 10.2. The molecule has 0 aliphatic heterocycles. The minimum absolute atomic E-state index is 0.0295. The van der Waals surface area contributed by atoms with Gasteiger partial charge in [-0.1, -0.05) is 6.92 Å². The summed E-state index contributed by atoms with van der Waals surface area (Å²) in [5, 5.41) is 21.4. The minimum atomic E-state index is -0.159. The first-order chi connectivity index (χ1) is 9.03. The molecule has 1 aromatic heterocycles. The third kappa shape index (κ3) is 4.03. The highest BCUT2D eigenvalue weighted by Gasteiger charge is 2.15. The molecule has 0 saturated heterocycles. The van der Waals surface area contributed by atoms with Crippen molar-refractivity contribution in [2.24, 2.45) is 0 Å². The Kier molecular flexibility index (Phi) is 5.96. The summed E-state index contributed by atoms with van der Waals surface area (Å²) in [6, 6.07) is 2.12. The van der Waals surface area contributed by atoms with Crippen molar-refractivity contribution in [2.75, 3.05) is 31.6 Å². The third-order valence-corrected chi connectivity index (χ3v) is 4.10. The van der Waals surface area contributed by atoms with Crippen molar-refractivity contribution in [3.63, 3.8) is 0 Å². The molecule has 0 aromatic carbocycles. The summed E-state index contributed by atoms with van der Waals surface area (Å²) >= 11 is 1.42. The SMILES string of the molecule is CCN(CCO)CC(=O)Nc1sc(C)c(C)c1C#N. The second-order valence-corrected chi connectivity index (χ2v) is 5.46. The first-order valence-electron chi connectivity index (χ1n) is 6.16. The largest absolute Gasteiger partial charge is 0.395 e. The van der Waals surface area contributed by atoms with Crippen LogP contribution in [0.2, 0.25) is 0 Å². The van der Waals surface area contributed by atoms with Crippen LogP contribution < -0.4 is 5.32 Å². The number of hydrogen-bond donors (Lipinski definition) is 2. The quantitative estimate of drug-likeness (QED) is 0.828. The molecule has 0 unspecified atom stereocenters. The third-order valence-electron chi connectivity index (χ3n) is 2.98. The second kappa shape index (κ2) is 7.24. The first kappa shape index (κ1) is 15.6. The molecule has 6 heteroatoms. The van der Waals surface area contributed by atoms with Crippen LogP contribution in [0.4, 0.5) is 5.00 Å². The standard InChI is InChI=1S/C13H19N3O2S/c1-4-16(5-6-17)8-12(18)15-13-11(7-14)9(2)10(3)19-13/h17H,4-6,8H2,1-3H3,(H,15,18). The van der Waals surface area contributed by atoms with Crippen molar-refractivity contribution in [3.05, 3.63) is 16.0 Å². The van der Waals surface area contributed by atoms with E-state index in [1.54, 1.807) is 0 Å². The summed E-state index contributed by atoms with van der Waals surface area (Å²) in [4.78, 5) is 14.8. The number of aryl methyl sites for hydroxylation is 1. The second-order valence-electron chi connectivity index (χ2n) is 4.24. The van der Waals surface area contributed by atoms with Crippen LogP contribution >= 0.6 is 11.3 Å². The molecular formula is C13H19N3O2S. The average Bonchev–Trinajstić information content (AvgIpc) is 2.63. The number of hydrogen-bond acceptors (Lipinski definition) is 5. The van der Waals surface area contributed by atoms with Gasteiger partial charge < -0.3 is 10.4 Å². The molecule has 1 heterocycles. The Morgan fingerprint density at radius 3 is 2.74 bits per heavy atom. The van der Waals surface area contributed by atoms with Crippen LogP contribution in [-0.2, 0) is 4.79 Å². The van der Waals surface area contributed by atoms with E-state index in [0.29, 0.717) is 23.7 Å². The van der Waals surface area contributed by atoms with Gasteiger partial charge in [0.2, 0.25) is 5.91 Å². The van der Waals surface area contributed by atoms with E-state index in [1.165, 1.54) is 11.3 Å². The van der Waals surface area contributed by atoms with Gasteiger partial charge in [-0.25, -0.2) is 0 Å². The molecule has 1 rings (SSSR count). The van der Waals surface area contributed by atoms with Gasteiger partial charge in [0.05, 0.1) is 18.7 Å². The average molecular weight is 281 g/mol. The Hall–Kier alpha value is -1.42. The highest BCUT2D eigenvalue weighted by atomic mass is 32.1.